The van der Waals surface area contributed by atoms with Crippen molar-refractivity contribution < 1.29 is 14.3 Å². The van der Waals surface area contributed by atoms with E-state index in [2.05, 4.69) is 21.7 Å². The highest BCUT2D eigenvalue weighted by Crippen LogP contribution is 2.36. The Hall–Kier alpha value is -3.52. The van der Waals surface area contributed by atoms with Crippen LogP contribution in [0.5, 0.6) is 0 Å². The molecule has 3 aromatic carbocycles. The Labute approximate surface area is 240 Å². The molecule has 0 atom stereocenters. The average molecular weight is 579 g/mol. The van der Waals surface area contributed by atoms with Crippen molar-refractivity contribution in [3.63, 3.8) is 0 Å². The van der Waals surface area contributed by atoms with Crippen LogP contribution in [0.15, 0.2) is 76.6 Å². The van der Waals surface area contributed by atoms with Gasteiger partial charge in [0.15, 0.2) is 5.17 Å². The zero-order valence-corrected chi connectivity index (χ0v) is 23.9. The highest BCUT2D eigenvalue weighted by atomic mass is 35.5. The predicted octanol–water partition coefficient (Wildman–Crippen LogP) is 7.72. The normalized spacial score (nSPS) is 15.6. The number of hydrogen-bond donors (Lipinski definition) is 0. The van der Waals surface area contributed by atoms with Crippen molar-refractivity contribution in [3.8, 4) is 0 Å². The van der Waals surface area contributed by atoms with Crippen LogP contribution in [0.3, 0.4) is 0 Å². The quantitative estimate of drug-likeness (QED) is 0.174. The molecule has 1 aromatic heterocycles. The molecule has 39 heavy (non-hydrogen) atoms. The van der Waals surface area contributed by atoms with Gasteiger partial charge in [-0.05, 0) is 73.6 Å². The first-order chi connectivity index (χ1) is 18.8. The monoisotopic (exact) mass is 577 g/mol. The molecule has 4 aromatic rings. The molecule has 198 valence electrons. The van der Waals surface area contributed by atoms with Gasteiger partial charge in [0.25, 0.3) is 5.91 Å². The minimum Gasteiger partial charge on any atom is -0.462 e. The van der Waals surface area contributed by atoms with Gasteiger partial charge in [-0.25, -0.2) is 9.79 Å². The topological polar surface area (TPSA) is 63.9 Å². The lowest BCUT2D eigenvalue weighted by Crippen LogP contribution is -2.23. The zero-order valence-electron chi connectivity index (χ0n) is 21.6. The number of aromatic nitrogens is 1. The summed E-state index contributed by atoms with van der Waals surface area (Å²) in [6.07, 6.45) is 1.93. The third-order valence-corrected chi connectivity index (χ3v) is 8.26. The lowest BCUT2D eigenvalue weighted by Gasteiger charge is -2.10. The van der Waals surface area contributed by atoms with Crippen molar-refractivity contribution in [2.45, 2.75) is 20.4 Å². The first-order valence-electron chi connectivity index (χ1n) is 12.3. The summed E-state index contributed by atoms with van der Waals surface area (Å²) < 4.78 is 7.30. The molecule has 0 aliphatic carbocycles. The van der Waals surface area contributed by atoms with E-state index in [9.17, 15) is 9.59 Å². The molecule has 5 rings (SSSR count). The van der Waals surface area contributed by atoms with Gasteiger partial charge in [0, 0.05) is 35.8 Å². The number of carbonyl (C=O) groups is 2. The number of ether oxygens (including phenoxy) is 1. The standard InChI is InChI=1S/C30H25Cl2N3O3S/c1-4-38-29(37)20-8-7-9-21(15-20)33-30-34(3)28(36)27(39-30)16-23-18(2)35(26-11-6-5-10-22(23)26)17-19-12-13-24(31)25(32)14-19/h5-16H,4,17H2,1-3H3. The number of benzene rings is 3. The van der Waals surface area contributed by atoms with Crippen LogP contribution in [0.4, 0.5) is 5.69 Å². The molecule has 1 aliphatic rings. The molecule has 1 amide bonds. The van der Waals surface area contributed by atoms with Crippen LogP contribution in [0.2, 0.25) is 10.0 Å². The maximum absolute atomic E-state index is 13.2. The number of para-hydroxylation sites is 1. The Morgan fingerprint density at radius 3 is 2.62 bits per heavy atom. The van der Waals surface area contributed by atoms with Gasteiger partial charge in [-0.15, -0.1) is 0 Å². The van der Waals surface area contributed by atoms with Gasteiger partial charge in [0.1, 0.15) is 0 Å². The van der Waals surface area contributed by atoms with E-state index in [0.29, 0.717) is 44.5 Å². The van der Waals surface area contributed by atoms with Gasteiger partial charge in [0.05, 0.1) is 32.8 Å². The molecule has 0 radical (unpaired) electrons. The Kier molecular flexibility index (Phi) is 7.84. The fraction of sp³-hybridized carbons (Fsp3) is 0.167. The van der Waals surface area contributed by atoms with Crippen molar-refractivity contribution in [3.05, 3.63) is 104 Å². The highest BCUT2D eigenvalue weighted by Gasteiger charge is 2.31. The second kappa shape index (κ2) is 11.3. The molecule has 9 heteroatoms. The van der Waals surface area contributed by atoms with E-state index in [1.807, 2.05) is 37.3 Å². The molecule has 0 saturated carbocycles. The SMILES string of the molecule is CCOC(=O)c1cccc(N=C2SC(=Cc3c(C)n(Cc4ccc(Cl)c(Cl)c4)c4ccccc34)C(=O)N2C)c1. The number of nitrogens with zero attached hydrogens (tertiary/aromatic N) is 3. The number of rotatable bonds is 6. The molecule has 6 nitrogen and oxygen atoms in total. The van der Waals surface area contributed by atoms with Gasteiger partial charge in [-0.2, -0.15) is 0 Å². The molecule has 1 fully saturated rings. The number of likely N-dealkylation sites (N-methyl/N-ethyl adjacent to an activating group) is 1. The number of halogens is 2. The van der Waals surface area contributed by atoms with E-state index in [0.717, 1.165) is 27.7 Å². The fourth-order valence-electron chi connectivity index (χ4n) is 4.47. The molecule has 0 unspecified atom stereocenters. The second-order valence-corrected chi connectivity index (χ2v) is 10.8. The van der Waals surface area contributed by atoms with Crippen LogP contribution in [0, 0.1) is 6.92 Å². The van der Waals surface area contributed by atoms with Crippen LogP contribution in [-0.2, 0) is 16.1 Å². The Morgan fingerprint density at radius 2 is 1.85 bits per heavy atom. The number of amidine groups is 1. The number of carbonyl (C=O) groups excluding carboxylic acids is 2. The first-order valence-corrected chi connectivity index (χ1v) is 13.9. The van der Waals surface area contributed by atoms with Gasteiger partial charge in [0.2, 0.25) is 0 Å². The number of amides is 1. The number of thioether (sulfide) groups is 1. The predicted molar refractivity (Wildman–Crippen MR) is 160 cm³/mol. The number of hydrogen-bond acceptors (Lipinski definition) is 5. The van der Waals surface area contributed by atoms with Gasteiger partial charge >= 0.3 is 5.97 Å². The van der Waals surface area contributed by atoms with E-state index in [4.69, 9.17) is 27.9 Å². The summed E-state index contributed by atoms with van der Waals surface area (Å²) in [6, 6.07) is 20.6. The zero-order chi connectivity index (χ0) is 27.7. The number of esters is 1. The molecule has 0 spiro atoms. The molecular weight excluding hydrogens is 553 g/mol. The highest BCUT2D eigenvalue weighted by molar-refractivity contribution is 8.18. The van der Waals surface area contributed by atoms with Crippen molar-refractivity contribution in [2.24, 2.45) is 4.99 Å². The summed E-state index contributed by atoms with van der Waals surface area (Å²) in [5, 5.41) is 2.61. The minimum atomic E-state index is -0.406. The maximum atomic E-state index is 13.2. The molecule has 1 saturated heterocycles. The largest absolute Gasteiger partial charge is 0.462 e. The van der Waals surface area contributed by atoms with Crippen LogP contribution >= 0.6 is 35.0 Å². The van der Waals surface area contributed by atoms with Crippen molar-refractivity contribution in [1.82, 2.24) is 9.47 Å². The van der Waals surface area contributed by atoms with E-state index < -0.39 is 5.97 Å². The number of aliphatic imine (C=N–C) groups is 1. The van der Waals surface area contributed by atoms with Gasteiger partial charge < -0.3 is 9.30 Å². The summed E-state index contributed by atoms with van der Waals surface area (Å²) >= 11 is 13.7. The summed E-state index contributed by atoms with van der Waals surface area (Å²) in [7, 11) is 1.70. The van der Waals surface area contributed by atoms with E-state index >= 15 is 0 Å². The summed E-state index contributed by atoms with van der Waals surface area (Å²) in [6.45, 7) is 4.71. The van der Waals surface area contributed by atoms with Crippen molar-refractivity contribution in [2.75, 3.05) is 13.7 Å². The van der Waals surface area contributed by atoms with Crippen LogP contribution in [-0.4, -0.2) is 40.2 Å². The smallest absolute Gasteiger partial charge is 0.338 e. The summed E-state index contributed by atoms with van der Waals surface area (Å²) in [4.78, 5) is 32.1. The van der Waals surface area contributed by atoms with Crippen LogP contribution < -0.4 is 0 Å². The molecule has 0 N–H and O–H groups in total. The van der Waals surface area contributed by atoms with Crippen molar-refractivity contribution >= 4 is 74.7 Å². The second-order valence-electron chi connectivity index (χ2n) is 8.99. The fourth-order valence-corrected chi connectivity index (χ4v) is 5.76. The third-order valence-electron chi connectivity index (χ3n) is 6.47. The van der Waals surface area contributed by atoms with Gasteiger partial charge in [-0.1, -0.05) is 53.5 Å². The lowest BCUT2D eigenvalue weighted by atomic mass is 10.1. The molecule has 0 bridgehead atoms. The van der Waals surface area contributed by atoms with Crippen LogP contribution in [0.1, 0.15) is 34.1 Å². The molecular formula is C30H25Cl2N3O3S. The van der Waals surface area contributed by atoms with Crippen LogP contribution in [0.25, 0.3) is 17.0 Å². The first kappa shape index (κ1) is 27.1. The maximum Gasteiger partial charge on any atom is 0.338 e. The lowest BCUT2D eigenvalue weighted by molar-refractivity contribution is -0.121. The van der Waals surface area contributed by atoms with E-state index in [1.165, 1.54) is 16.7 Å². The van der Waals surface area contributed by atoms with Crippen molar-refractivity contribution in [1.29, 1.82) is 0 Å². The number of fused-ring (bicyclic) bond motifs is 1. The van der Waals surface area contributed by atoms with E-state index in [1.54, 1.807) is 44.3 Å². The Balaban J connectivity index is 1.50. The molecule has 1 aliphatic heterocycles. The van der Waals surface area contributed by atoms with E-state index in [-0.39, 0.29) is 5.91 Å². The average Bonchev–Trinajstić information content (AvgIpc) is 3.34. The van der Waals surface area contributed by atoms with Gasteiger partial charge in [-0.3, -0.25) is 9.69 Å². The minimum absolute atomic E-state index is 0.138. The third kappa shape index (κ3) is 5.48. The summed E-state index contributed by atoms with van der Waals surface area (Å²) in [5.74, 6) is -0.544. The molecule has 2 heterocycles. The summed E-state index contributed by atoms with van der Waals surface area (Å²) in [5.41, 5.74) is 5.06. The Morgan fingerprint density at radius 1 is 1.05 bits per heavy atom. The Bertz CT molecular complexity index is 1680.